The van der Waals surface area contributed by atoms with E-state index in [0.717, 1.165) is 11.4 Å². The Bertz CT molecular complexity index is 517. The van der Waals surface area contributed by atoms with Crippen LogP contribution in [-0.2, 0) is 0 Å². The molecule has 4 nitrogen and oxygen atoms in total. The molecule has 0 bridgehead atoms. The fourth-order valence-corrected chi connectivity index (χ4v) is 1.55. The minimum absolute atomic E-state index is 0.187. The smallest absolute Gasteiger partial charge is 0.255 e. The SMILES string of the molecule is Cc1cc(C(=O)Nc2ccccc2)cc(N)n1. The molecule has 3 N–H and O–H groups in total. The van der Waals surface area contributed by atoms with Gasteiger partial charge in [0.1, 0.15) is 5.82 Å². The van der Waals surface area contributed by atoms with E-state index in [0.29, 0.717) is 11.4 Å². The minimum atomic E-state index is -0.187. The van der Waals surface area contributed by atoms with Gasteiger partial charge < -0.3 is 11.1 Å². The molecule has 1 aromatic heterocycles. The lowest BCUT2D eigenvalue weighted by atomic mass is 10.2. The molecule has 86 valence electrons. The van der Waals surface area contributed by atoms with E-state index < -0.39 is 0 Å². The molecule has 0 saturated carbocycles. The zero-order valence-electron chi connectivity index (χ0n) is 9.47. The molecule has 1 amide bonds. The van der Waals surface area contributed by atoms with Crippen LogP contribution < -0.4 is 11.1 Å². The number of aromatic nitrogens is 1. The molecular weight excluding hydrogens is 214 g/mol. The van der Waals surface area contributed by atoms with Crippen LogP contribution in [0, 0.1) is 6.92 Å². The van der Waals surface area contributed by atoms with Gasteiger partial charge in [0.15, 0.2) is 0 Å². The first-order chi connectivity index (χ1) is 8.15. The van der Waals surface area contributed by atoms with Crippen molar-refractivity contribution in [2.45, 2.75) is 6.92 Å². The zero-order valence-corrected chi connectivity index (χ0v) is 9.47. The van der Waals surface area contributed by atoms with E-state index in [1.54, 1.807) is 19.1 Å². The molecule has 0 saturated heterocycles. The molecule has 1 aromatic carbocycles. The summed E-state index contributed by atoms with van der Waals surface area (Å²) in [6, 6.07) is 12.5. The van der Waals surface area contributed by atoms with Crippen molar-refractivity contribution in [2.24, 2.45) is 0 Å². The highest BCUT2D eigenvalue weighted by Gasteiger charge is 2.07. The van der Waals surface area contributed by atoms with Crippen LogP contribution in [-0.4, -0.2) is 10.9 Å². The molecule has 0 aliphatic rings. The Balaban J connectivity index is 2.20. The first-order valence-electron chi connectivity index (χ1n) is 5.26. The number of nitrogens with two attached hydrogens (primary N) is 1. The summed E-state index contributed by atoms with van der Waals surface area (Å²) in [5.74, 6) is 0.164. The van der Waals surface area contributed by atoms with Crippen LogP contribution in [0.4, 0.5) is 11.5 Å². The standard InChI is InChI=1S/C13H13N3O/c1-9-7-10(8-12(14)15-9)13(17)16-11-5-3-2-4-6-11/h2-8H,1H3,(H2,14,15)(H,16,17). The molecule has 0 unspecified atom stereocenters. The summed E-state index contributed by atoms with van der Waals surface area (Å²) in [7, 11) is 0. The molecule has 1 heterocycles. The summed E-state index contributed by atoms with van der Waals surface area (Å²) in [5.41, 5.74) is 7.59. The molecule has 17 heavy (non-hydrogen) atoms. The number of anilines is 2. The molecule has 2 aromatic rings. The second kappa shape index (κ2) is 4.65. The van der Waals surface area contributed by atoms with Crippen molar-refractivity contribution in [3.63, 3.8) is 0 Å². The fourth-order valence-electron chi connectivity index (χ4n) is 1.55. The van der Waals surface area contributed by atoms with E-state index in [-0.39, 0.29) is 5.91 Å². The molecule has 4 heteroatoms. The number of carbonyl (C=O) groups is 1. The molecule has 2 rings (SSSR count). The second-order valence-electron chi connectivity index (χ2n) is 3.74. The maximum Gasteiger partial charge on any atom is 0.255 e. The van der Waals surface area contributed by atoms with Gasteiger partial charge in [0.2, 0.25) is 0 Å². The topological polar surface area (TPSA) is 68.0 Å². The van der Waals surface area contributed by atoms with Crippen LogP contribution in [0.25, 0.3) is 0 Å². The van der Waals surface area contributed by atoms with E-state index in [4.69, 9.17) is 5.73 Å². The van der Waals surface area contributed by atoms with Gasteiger partial charge in [0.05, 0.1) is 0 Å². The highest BCUT2D eigenvalue weighted by atomic mass is 16.1. The molecule has 0 spiro atoms. The summed E-state index contributed by atoms with van der Waals surface area (Å²) in [4.78, 5) is 15.9. The Morgan fingerprint density at radius 3 is 2.59 bits per heavy atom. The molecule has 0 aliphatic carbocycles. The molecule has 0 fully saturated rings. The van der Waals surface area contributed by atoms with E-state index in [2.05, 4.69) is 10.3 Å². The Morgan fingerprint density at radius 1 is 1.24 bits per heavy atom. The average molecular weight is 227 g/mol. The van der Waals surface area contributed by atoms with Gasteiger partial charge in [-0.1, -0.05) is 18.2 Å². The predicted molar refractivity (Wildman–Crippen MR) is 67.8 cm³/mol. The normalized spacial score (nSPS) is 9.94. The lowest BCUT2D eigenvalue weighted by molar-refractivity contribution is 0.102. The van der Waals surface area contributed by atoms with Crippen molar-refractivity contribution in [3.8, 4) is 0 Å². The maximum atomic E-state index is 11.9. The number of nitrogens with one attached hydrogen (secondary N) is 1. The number of hydrogen-bond acceptors (Lipinski definition) is 3. The van der Waals surface area contributed by atoms with Crippen molar-refractivity contribution in [1.82, 2.24) is 4.98 Å². The first-order valence-corrected chi connectivity index (χ1v) is 5.26. The lowest BCUT2D eigenvalue weighted by Gasteiger charge is -2.06. The Hall–Kier alpha value is -2.36. The van der Waals surface area contributed by atoms with Crippen molar-refractivity contribution >= 4 is 17.4 Å². The first kappa shape index (κ1) is 11.1. The summed E-state index contributed by atoms with van der Waals surface area (Å²) in [6.07, 6.45) is 0. The summed E-state index contributed by atoms with van der Waals surface area (Å²) < 4.78 is 0. The van der Waals surface area contributed by atoms with Crippen LogP contribution in [0.5, 0.6) is 0 Å². The van der Waals surface area contributed by atoms with Crippen LogP contribution in [0.1, 0.15) is 16.1 Å². The Labute approximate surface area is 99.5 Å². The van der Waals surface area contributed by atoms with E-state index in [1.165, 1.54) is 0 Å². The highest BCUT2D eigenvalue weighted by Crippen LogP contribution is 2.11. The fraction of sp³-hybridized carbons (Fsp3) is 0.0769. The molecule has 0 atom stereocenters. The highest BCUT2D eigenvalue weighted by molar-refractivity contribution is 6.04. The van der Waals surface area contributed by atoms with Gasteiger partial charge in [-0.2, -0.15) is 0 Å². The van der Waals surface area contributed by atoms with Crippen LogP contribution >= 0.6 is 0 Å². The van der Waals surface area contributed by atoms with Crippen molar-refractivity contribution < 1.29 is 4.79 Å². The summed E-state index contributed by atoms with van der Waals surface area (Å²) in [6.45, 7) is 1.80. The molecule has 0 aliphatic heterocycles. The van der Waals surface area contributed by atoms with Gasteiger partial charge in [0, 0.05) is 16.9 Å². The van der Waals surface area contributed by atoms with E-state index in [9.17, 15) is 4.79 Å². The third-order valence-corrected chi connectivity index (χ3v) is 2.27. The maximum absolute atomic E-state index is 11.9. The number of para-hydroxylation sites is 1. The summed E-state index contributed by atoms with van der Waals surface area (Å²) >= 11 is 0. The number of benzene rings is 1. The number of nitrogens with zero attached hydrogens (tertiary/aromatic N) is 1. The van der Waals surface area contributed by atoms with Gasteiger partial charge in [-0.15, -0.1) is 0 Å². The molecular formula is C13H13N3O. The number of hydrogen-bond donors (Lipinski definition) is 2. The van der Waals surface area contributed by atoms with Gasteiger partial charge >= 0.3 is 0 Å². The number of pyridine rings is 1. The second-order valence-corrected chi connectivity index (χ2v) is 3.74. The predicted octanol–water partition coefficient (Wildman–Crippen LogP) is 2.22. The summed E-state index contributed by atoms with van der Waals surface area (Å²) in [5, 5.41) is 2.79. The van der Waals surface area contributed by atoms with Crippen molar-refractivity contribution in [2.75, 3.05) is 11.1 Å². The Kier molecular flexibility index (Phi) is 3.05. The van der Waals surface area contributed by atoms with Gasteiger partial charge in [0.25, 0.3) is 5.91 Å². The van der Waals surface area contributed by atoms with Gasteiger partial charge in [-0.3, -0.25) is 4.79 Å². The van der Waals surface area contributed by atoms with Crippen molar-refractivity contribution in [3.05, 3.63) is 53.7 Å². The van der Waals surface area contributed by atoms with Crippen LogP contribution in [0.15, 0.2) is 42.5 Å². The number of nitrogen functional groups attached to an aromatic ring is 1. The van der Waals surface area contributed by atoms with Crippen molar-refractivity contribution in [1.29, 1.82) is 0 Å². The number of rotatable bonds is 2. The average Bonchev–Trinajstić information content (AvgIpc) is 2.29. The monoisotopic (exact) mass is 227 g/mol. The van der Waals surface area contributed by atoms with Crippen LogP contribution in [0.2, 0.25) is 0 Å². The zero-order chi connectivity index (χ0) is 12.3. The minimum Gasteiger partial charge on any atom is -0.384 e. The lowest BCUT2D eigenvalue weighted by Crippen LogP contribution is -2.12. The third-order valence-electron chi connectivity index (χ3n) is 2.27. The number of amides is 1. The quantitative estimate of drug-likeness (QED) is 0.826. The van der Waals surface area contributed by atoms with Gasteiger partial charge in [-0.25, -0.2) is 4.98 Å². The third kappa shape index (κ3) is 2.81. The number of aryl methyl sites for hydroxylation is 1. The van der Waals surface area contributed by atoms with E-state index in [1.807, 2.05) is 30.3 Å². The van der Waals surface area contributed by atoms with Crippen LogP contribution in [0.3, 0.4) is 0 Å². The van der Waals surface area contributed by atoms with E-state index >= 15 is 0 Å². The largest absolute Gasteiger partial charge is 0.384 e. The Morgan fingerprint density at radius 2 is 1.94 bits per heavy atom. The number of carbonyl (C=O) groups excluding carboxylic acids is 1. The van der Waals surface area contributed by atoms with Gasteiger partial charge in [-0.05, 0) is 31.2 Å². The molecule has 0 radical (unpaired) electrons.